The molecular formula is C26H27NO5. The largest absolute Gasteiger partial charge is 0.461 e. The number of aryl methyl sites for hydroxylation is 4. The van der Waals surface area contributed by atoms with Gasteiger partial charge in [-0.1, -0.05) is 30.3 Å². The van der Waals surface area contributed by atoms with Gasteiger partial charge in [0.05, 0.1) is 12.6 Å². The van der Waals surface area contributed by atoms with Gasteiger partial charge in [0.25, 0.3) is 0 Å². The molecule has 1 amide bonds. The molecule has 32 heavy (non-hydrogen) atoms. The van der Waals surface area contributed by atoms with E-state index in [2.05, 4.69) is 5.32 Å². The molecule has 6 nitrogen and oxygen atoms in total. The Morgan fingerprint density at radius 1 is 0.969 bits per heavy atom. The van der Waals surface area contributed by atoms with E-state index in [4.69, 9.17) is 8.83 Å². The van der Waals surface area contributed by atoms with Crippen molar-refractivity contribution in [1.82, 2.24) is 5.32 Å². The van der Waals surface area contributed by atoms with Crippen LogP contribution in [0.15, 0.2) is 50.0 Å². The van der Waals surface area contributed by atoms with Crippen LogP contribution in [0.3, 0.4) is 0 Å². The molecule has 0 saturated carbocycles. The van der Waals surface area contributed by atoms with E-state index in [1.165, 1.54) is 0 Å². The van der Waals surface area contributed by atoms with Crippen molar-refractivity contribution in [2.45, 2.75) is 46.6 Å². The molecule has 4 aromatic rings. The van der Waals surface area contributed by atoms with E-state index < -0.39 is 11.7 Å². The molecule has 0 aliphatic rings. The van der Waals surface area contributed by atoms with Crippen LogP contribution in [0.4, 0.5) is 0 Å². The minimum absolute atomic E-state index is 0.117. The molecule has 2 aromatic carbocycles. The Hall–Kier alpha value is -3.38. The second-order valence-corrected chi connectivity index (χ2v) is 8.24. The number of amides is 1. The molecule has 2 heterocycles. The fraction of sp³-hybridized carbons (Fsp3) is 0.308. The number of nitrogens with one attached hydrogen (secondary N) is 1. The Morgan fingerprint density at radius 2 is 1.62 bits per heavy atom. The lowest BCUT2D eigenvalue weighted by molar-refractivity contribution is -0.122. The molecular weight excluding hydrogens is 406 g/mol. The lowest BCUT2D eigenvalue weighted by atomic mass is 9.98. The van der Waals surface area contributed by atoms with Crippen molar-refractivity contribution >= 4 is 27.8 Å². The Bertz CT molecular complexity index is 1360. The highest BCUT2D eigenvalue weighted by molar-refractivity contribution is 6.00. The molecule has 0 radical (unpaired) electrons. The zero-order valence-corrected chi connectivity index (χ0v) is 18.7. The molecule has 0 unspecified atom stereocenters. The molecule has 0 bridgehead atoms. The number of aliphatic hydroxyl groups excluding tert-OH is 1. The van der Waals surface area contributed by atoms with Crippen LogP contribution < -0.4 is 10.9 Å². The summed E-state index contributed by atoms with van der Waals surface area (Å²) in [5.41, 5.74) is 4.81. The standard InChI is InChI=1S/C26H27NO5/c1-14-17(4)31-24-16(3)25-21(12-20(14)24)15(2)19(26(30)32-25)10-11-23(29)27-22(13-28)18-8-6-5-7-9-18/h5-9,12,22,28H,10-11,13H2,1-4H3,(H,27,29)/t22-/m0/s1. The number of rotatable bonds is 6. The van der Waals surface area contributed by atoms with Crippen molar-refractivity contribution in [3.63, 3.8) is 0 Å². The van der Waals surface area contributed by atoms with Gasteiger partial charge in [-0.15, -0.1) is 0 Å². The zero-order chi connectivity index (χ0) is 23.0. The van der Waals surface area contributed by atoms with E-state index >= 15 is 0 Å². The summed E-state index contributed by atoms with van der Waals surface area (Å²) in [6, 6.07) is 10.8. The van der Waals surface area contributed by atoms with Crippen molar-refractivity contribution in [2.75, 3.05) is 6.61 Å². The maximum atomic E-state index is 12.8. The predicted octanol–water partition coefficient (Wildman–Crippen LogP) is 4.56. The molecule has 2 N–H and O–H groups in total. The van der Waals surface area contributed by atoms with Gasteiger partial charge in [-0.3, -0.25) is 4.79 Å². The van der Waals surface area contributed by atoms with Gasteiger partial charge in [-0.2, -0.15) is 0 Å². The first-order valence-electron chi connectivity index (χ1n) is 10.7. The van der Waals surface area contributed by atoms with Crippen LogP contribution in [-0.2, 0) is 11.2 Å². The van der Waals surface area contributed by atoms with Gasteiger partial charge in [0.1, 0.15) is 16.9 Å². The van der Waals surface area contributed by atoms with Crippen LogP contribution in [0.25, 0.3) is 21.9 Å². The number of furan rings is 1. The van der Waals surface area contributed by atoms with Crippen LogP contribution >= 0.6 is 0 Å². The Labute approximate surface area is 185 Å². The van der Waals surface area contributed by atoms with E-state index in [1.807, 2.05) is 64.1 Å². The quantitative estimate of drug-likeness (QED) is 0.435. The average molecular weight is 434 g/mol. The fourth-order valence-corrected chi connectivity index (χ4v) is 4.21. The molecule has 0 saturated heterocycles. The van der Waals surface area contributed by atoms with Crippen LogP contribution in [0.1, 0.15) is 46.0 Å². The normalized spacial score (nSPS) is 12.4. The number of hydrogen-bond acceptors (Lipinski definition) is 5. The molecule has 1 atom stereocenters. The number of fused-ring (bicyclic) bond motifs is 2. The highest BCUT2D eigenvalue weighted by Crippen LogP contribution is 2.34. The number of benzene rings is 2. The maximum absolute atomic E-state index is 12.8. The number of carbonyl (C=O) groups excluding carboxylic acids is 1. The summed E-state index contributed by atoms with van der Waals surface area (Å²) < 4.78 is 11.6. The van der Waals surface area contributed by atoms with Gasteiger partial charge in [0.2, 0.25) is 5.91 Å². The highest BCUT2D eigenvalue weighted by atomic mass is 16.4. The second-order valence-electron chi connectivity index (χ2n) is 8.24. The van der Waals surface area contributed by atoms with E-state index in [0.29, 0.717) is 11.1 Å². The van der Waals surface area contributed by atoms with Crippen molar-refractivity contribution in [2.24, 2.45) is 0 Å². The summed E-state index contributed by atoms with van der Waals surface area (Å²) in [6.45, 7) is 7.51. The maximum Gasteiger partial charge on any atom is 0.339 e. The highest BCUT2D eigenvalue weighted by Gasteiger charge is 2.20. The molecule has 0 aliphatic carbocycles. The van der Waals surface area contributed by atoms with Gasteiger partial charge in [-0.25, -0.2) is 4.79 Å². The summed E-state index contributed by atoms with van der Waals surface area (Å²) >= 11 is 0. The summed E-state index contributed by atoms with van der Waals surface area (Å²) in [6.07, 6.45) is 0.370. The van der Waals surface area contributed by atoms with E-state index in [-0.39, 0.29) is 25.4 Å². The molecule has 166 valence electrons. The lowest BCUT2D eigenvalue weighted by Crippen LogP contribution is -2.31. The molecule has 0 aliphatic heterocycles. The zero-order valence-electron chi connectivity index (χ0n) is 18.7. The van der Waals surface area contributed by atoms with Crippen LogP contribution in [0, 0.1) is 27.7 Å². The fourth-order valence-electron chi connectivity index (χ4n) is 4.21. The summed E-state index contributed by atoms with van der Waals surface area (Å²) in [4.78, 5) is 25.3. The van der Waals surface area contributed by atoms with Crippen LogP contribution in [0.5, 0.6) is 0 Å². The minimum atomic E-state index is -0.485. The summed E-state index contributed by atoms with van der Waals surface area (Å²) in [5.74, 6) is 0.604. The van der Waals surface area contributed by atoms with Crippen molar-refractivity contribution in [3.8, 4) is 0 Å². The third kappa shape index (κ3) is 3.82. The van der Waals surface area contributed by atoms with E-state index in [1.54, 1.807) is 0 Å². The Kier molecular flexibility index (Phi) is 5.89. The van der Waals surface area contributed by atoms with Gasteiger partial charge in [-0.05, 0) is 56.9 Å². The topological polar surface area (TPSA) is 92.7 Å². The third-order valence-electron chi connectivity index (χ3n) is 6.27. The Balaban J connectivity index is 1.62. The van der Waals surface area contributed by atoms with Gasteiger partial charge >= 0.3 is 5.63 Å². The third-order valence-corrected chi connectivity index (χ3v) is 6.27. The van der Waals surface area contributed by atoms with Crippen LogP contribution in [-0.4, -0.2) is 17.6 Å². The Morgan fingerprint density at radius 3 is 2.31 bits per heavy atom. The monoisotopic (exact) mass is 433 g/mol. The molecule has 0 fully saturated rings. The first-order chi connectivity index (χ1) is 15.3. The average Bonchev–Trinajstić information content (AvgIpc) is 3.07. The van der Waals surface area contributed by atoms with Crippen molar-refractivity contribution in [1.29, 1.82) is 0 Å². The smallest absolute Gasteiger partial charge is 0.339 e. The van der Waals surface area contributed by atoms with Crippen molar-refractivity contribution < 1.29 is 18.7 Å². The van der Waals surface area contributed by atoms with E-state index in [0.717, 1.165) is 44.4 Å². The number of hydrogen-bond donors (Lipinski definition) is 2. The second kappa shape index (κ2) is 8.63. The number of aliphatic hydroxyl groups is 1. The molecule has 2 aromatic heterocycles. The minimum Gasteiger partial charge on any atom is -0.461 e. The van der Waals surface area contributed by atoms with E-state index in [9.17, 15) is 14.7 Å². The van der Waals surface area contributed by atoms with Crippen molar-refractivity contribution in [3.05, 3.63) is 80.4 Å². The number of carbonyl (C=O) groups is 1. The predicted molar refractivity (Wildman–Crippen MR) is 124 cm³/mol. The van der Waals surface area contributed by atoms with Crippen LogP contribution in [0.2, 0.25) is 0 Å². The molecule has 4 rings (SSSR count). The summed E-state index contributed by atoms with van der Waals surface area (Å²) in [5, 5.41) is 14.4. The lowest BCUT2D eigenvalue weighted by Gasteiger charge is -2.17. The SMILES string of the molecule is Cc1oc2c(C)c3oc(=O)c(CCC(=O)N[C@@H](CO)c4ccccc4)c(C)c3cc2c1C. The molecule has 6 heteroatoms. The van der Waals surface area contributed by atoms with Gasteiger partial charge in [0, 0.05) is 28.3 Å². The first-order valence-corrected chi connectivity index (χ1v) is 10.7. The summed E-state index contributed by atoms with van der Waals surface area (Å²) in [7, 11) is 0. The van der Waals surface area contributed by atoms with Gasteiger partial charge in [0.15, 0.2) is 0 Å². The van der Waals surface area contributed by atoms with Gasteiger partial charge < -0.3 is 19.3 Å². The molecule has 0 spiro atoms. The first kappa shape index (κ1) is 21.8.